The normalized spacial score (nSPS) is 25.5. The van der Waals surface area contributed by atoms with Crippen molar-refractivity contribution in [1.82, 2.24) is 0 Å². The Kier molecular flexibility index (Phi) is 4.74. The van der Waals surface area contributed by atoms with Crippen LogP contribution in [0.5, 0.6) is 0 Å². The molecule has 8 heteroatoms. The van der Waals surface area contributed by atoms with Crippen molar-refractivity contribution in [2.24, 2.45) is 16.7 Å². The molecule has 1 N–H and O–H groups in total. The molecular formula is C22H23ClN2O4S. The van der Waals surface area contributed by atoms with Crippen LogP contribution in [0.1, 0.15) is 33.6 Å². The van der Waals surface area contributed by atoms with E-state index < -0.39 is 20.9 Å². The first-order valence-corrected chi connectivity index (χ1v) is 11.6. The van der Waals surface area contributed by atoms with Crippen molar-refractivity contribution >= 4 is 44.8 Å². The van der Waals surface area contributed by atoms with Gasteiger partial charge in [0.1, 0.15) is 0 Å². The molecule has 2 aromatic carbocycles. The Hall–Kier alpha value is -2.38. The maximum Gasteiger partial charge on any atom is 0.261 e. The van der Waals surface area contributed by atoms with E-state index >= 15 is 0 Å². The third-order valence-electron chi connectivity index (χ3n) is 6.94. The molecule has 2 bridgehead atoms. The van der Waals surface area contributed by atoms with Gasteiger partial charge in [-0.15, -0.1) is 0 Å². The fourth-order valence-electron chi connectivity index (χ4n) is 4.58. The number of nitrogens with one attached hydrogen (secondary N) is 1. The predicted molar refractivity (Wildman–Crippen MR) is 116 cm³/mol. The van der Waals surface area contributed by atoms with Crippen LogP contribution >= 0.6 is 11.6 Å². The minimum absolute atomic E-state index is 0.0117. The van der Waals surface area contributed by atoms with E-state index in [2.05, 4.69) is 4.72 Å². The second kappa shape index (κ2) is 6.82. The molecule has 2 aliphatic rings. The van der Waals surface area contributed by atoms with Crippen LogP contribution in [0.2, 0.25) is 5.02 Å². The average molecular weight is 447 g/mol. The molecule has 2 atom stereocenters. The van der Waals surface area contributed by atoms with Crippen LogP contribution in [0.15, 0.2) is 53.4 Å². The van der Waals surface area contributed by atoms with Gasteiger partial charge in [-0.3, -0.25) is 14.3 Å². The van der Waals surface area contributed by atoms with Crippen molar-refractivity contribution < 1.29 is 18.0 Å². The topological polar surface area (TPSA) is 83.6 Å². The number of hydrogen-bond acceptors (Lipinski definition) is 4. The van der Waals surface area contributed by atoms with Gasteiger partial charge < -0.3 is 0 Å². The molecular weight excluding hydrogens is 424 g/mol. The number of sulfonamides is 1. The Morgan fingerprint density at radius 3 is 2.30 bits per heavy atom. The maximum atomic E-state index is 13.3. The van der Waals surface area contributed by atoms with Crippen LogP contribution in [0.3, 0.4) is 0 Å². The molecule has 2 amide bonds. The van der Waals surface area contributed by atoms with E-state index in [9.17, 15) is 18.0 Å². The van der Waals surface area contributed by atoms with Crippen molar-refractivity contribution in [2.75, 3.05) is 9.62 Å². The van der Waals surface area contributed by atoms with E-state index in [0.717, 1.165) is 0 Å². The minimum atomic E-state index is -3.87. The lowest BCUT2D eigenvalue weighted by Crippen LogP contribution is -2.59. The summed E-state index contributed by atoms with van der Waals surface area (Å²) in [5.41, 5.74) is -0.367. The number of rotatable bonds is 4. The molecule has 1 heterocycles. The Labute approximate surface area is 181 Å². The third-order valence-corrected chi connectivity index (χ3v) is 8.65. The molecule has 1 saturated heterocycles. The summed E-state index contributed by atoms with van der Waals surface area (Å²) in [7, 11) is -3.87. The number of hydrogen-bond donors (Lipinski definition) is 1. The molecule has 0 aromatic heterocycles. The summed E-state index contributed by atoms with van der Waals surface area (Å²) in [6.45, 7) is 5.88. The first kappa shape index (κ1) is 20.9. The molecule has 0 radical (unpaired) electrons. The molecule has 4 rings (SSSR count). The second-order valence-corrected chi connectivity index (χ2v) is 10.8. The Morgan fingerprint density at radius 2 is 1.67 bits per heavy atom. The van der Waals surface area contributed by atoms with Crippen molar-refractivity contribution in [1.29, 1.82) is 0 Å². The number of carbonyl (C=O) groups excluding carboxylic acids is 2. The van der Waals surface area contributed by atoms with Crippen molar-refractivity contribution in [3.05, 3.63) is 53.6 Å². The molecule has 1 aliphatic carbocycles. The zero-order chi connectivity index (χ0) is 21.9. The fraction of sp³-hybridized carbons (Fsp3) is 0.364. The largest absolute Gasteiger partial charge is 0.278 e. The van der Waals surface area contributed by atoms with Gasteiger partial charge in [0.25, 0.3) is 10.0 Å². The second-order valence-electron chi connectivity index (χ2n) is 8.70. The van der Waals surface area contributed by atoms with Crippen LogP contribution in [0, 0.1) is 16.7 Å². The number of anilines is 2. The summed E-state index contributed by atoms with van der Waals surface area (Å²) in [5.74, 6) is -0.675. The van der Waals surface area contributed by atoms with E-state index in [4.69, 9.17) is 11.6 Å². The van der Waals surface area contributed by atoms with E-state index in [1.54, 1.807) is 24.3 Å². The summed E-state index contributed by atoms with van der Waals surface area (Å²) < 4.78 is 27.9. The highest BCUT2D eigenvalue weighted by Crippen LogP contribution is 2.60. The van der Waals surface area contributed by atoms with Crippen LogP contribution in [-0.2, 0) is 19.6 Å². The highest BCUT2D eigenvalue weighted by atomic mass is 35.5. The number of halogens is 1. The van der Waals surface area contributed by atoms with Crippen molar-refractivity contribution in [3.8, 4) is 0 Å². The summed E-state index contributed by atoms with van der Waals surface area (Å²) >= 11 is 6.04. The highest BCUT2D eigenvalue weighted by Gasteiger charge is 2.64. The zero-order valence-electron chi connectivity index (χ0n) is 17.0. The minimum Gasteiger partial charge on any atom is -0.278 e. The van der Waals surface area contributed by atoms with Gasteiger partial charge in [-0.05, 0) is 54.7 Å². The SMILES string of the molecule is CC1(C)[C@H]2CC[C@]1(C)C(=O)N(c1ccc(S(=O)(=O)Nc3ccccc3Cl)cc1)C2=O. The smallest absolute Gasteiger partial charge is 0.261 e. The Bertz CT molecular complexity index is 1140. The number of para-hydroxylation sites is 1. The molecule has 0 unspecified atom stereocenters. The lowest BCUT2D eigenvalue weighted by atomic mass is 9.62. The molecule has 1 aliphatic heterocycles. The van der Waals surface area contributed by atoms with Gasteiger partial charge >= 0.3 is 0 Å². The molecule has 2 fully saturated rings. The molecule has 1 saturated carbocycles. The summed E-state index contributed by atoms with van der Waals surface area (Å²) in [5, 5.41) is 0.286. The number of amides is 2. The Morgan fingerprint density at radius 1 is 1.03 bits per heavy atom. The monoisotopic (exact) mass is 446 g/mol. The fourth-order valence-corrected chi connectivity index (χ4v) is 5.90. The quantitative estimate of drug-likeness (QED) is 0.703. The molecule has 0 spiro atoms. The van der Waals surface area contributed by atoms with Crippen molar-refractivity contribution in [2.45, 2.75) is 38.5 Å². The van der Waals surface area contributed by atoms with Crippen molar-refractivity contribution in [3.63, 3.8) is 0 Å². The maximum absolute atomic E-state index is 13.3. The van der Waals surface area contributed by atoms with E-state index in [1.165, 1.54) is 29.2 Å². The first-order valence-electron chi connectivity index (χ1n) is 9.75. The number of imide groups is 1. The van der Waals surface area contributed by atoms with Gasteiger partial charge in [-0.1, -0.05) is 44.5 Å². The number of carbonyl (C=O) groups is 2. The van der Waals surface area contributed by atoms with Gasteiger partial charge in [-0.25, -0.2) is 13.3 Å². The predicted octanol–water partition coefficient (Wildman–Crippen LogP) is 4.46. The molecule has 158 valence electrons. The molecule has 2 aromatic rings. The number of piperidine rings is 1. The molecule has 6 nitrogen and oxygen atoms in total. The summed E-state index contributed by atoms with van der Waals surface area (Å²) in [6, 6.07) is 12.3. The van der Waals surface area contributed by atoms with Gasteiger partial charge in [0.05, 0.1) is 26.7 Å². The Balaban J connectivity index is 1.64. The number of benzene rings is 2. The van der Waals surface area contributed by atoms with E-state index in [0.29, 0.717) is 18.5 Å². The van der Waals surface area contributed by atoms with Gasteiger partial charge in [0.2, 0.25) is 11.8 Å². The van der Waals surface area contributed by atoms with Gasteiger partial charge in [-0.2, -0.15) is 0 Å². The highest BCUT2D eigenvalue weighted by molar-refractivity contribution is 7.92. The first-order chi connectivity index (χ1) is 14.0. The van der Waals surface area contributed by atoms with E-state index in [1.807, 2.05) is 20.8 Å². The van der Waals surface area contributed by atoms with Crippen LogP contribution < -0.4 is 9.62 Å². The zero-order valence-corrected chi connectivity index (χ0v) is 18.5. The average Bonchev–Trinajstić information content (AvgIpc) is 2.87. The van der Waals surface area contributed by atoms with Crippen LogP contribution in [-0.4, -0.2) is 20.2 Å². The van der Waals surface area contributed by atoms with Crippen LogP contribution in [0.4, 0.5) is 11.4 Å². The third kappa shape index (κ3) is 2.94. The van der Waals surface area contributed by atoms with Crippen LogP contribution in [0.25, 0.3) is 0 Å². The lowest BCUT2D eigenvalue weighted by Gasteiger charge is -2.47. The standard InChI is InChI=1S/C22H23ClN2O4S/c1-21(2)16-12-13-22(21,3)20(27)25(19(16)26)14-8-10-15(11-9-14)30(28,29)24-18-7-5-4-6-17(18)23/h4-11,16,24H,12-13H2,1-3H3/t16-,22+/m0/s1. The number of fused-ring (bicyclic) bond motifs is 2. The van der Waals surface area contributed by atoms with Gasteiger partial charge in [0.15, 0.2) is 0 Å². The summed E-state index contributed by atoms with van der Waals surface area (Å²) in [4.78, 5) is 27.6. The molecule has 30 heavy (non-hydrogen) atoms. The lowest BCUT2D eigenvalue weighted by molar-refractivity contribution is -0.146. The van der Waals surface area contributed by atoms with Gasteiger partial charge in [0, 0.05) is 5.92 Å². The summed E-state index contributed by atoms with van der Waals surface area (Å²) in [6.07, 6.45) is 1.35. The van der Waals surface area contributed by atoms with E-state index in [-0.39, 0.29) is 33.3 Å². The number of nitrogens with zero attached hydrogens (tertiary/aromatic N) is 1.